The van der Waals surface area contributed by atoms with E-state index in [2.05, 4.69) is 10.6 Å². The molecule has 1 aliphatic rings. The molecular formula is C18H21N5O3. The van der Waals surface area contributed by atoms with Gasteiger partial charge in [-0.3, -0.25) is 14.4 Å². The molecule has 8 heteroatoms. The molecule has 4 N–H and O–H groups in total. The summed E-state index contributed by atoms with van der Waals surface area (Å²) >= 11 is 0. The Hall–Kier alpha value is -3.34. The summed E-state index contributed by atoms with van der Waals surface area (Å²) in [6, 6.07) is 8.02. The van der Waals surface area contributed by atoms with E-state index >= 15 is 0 Å². The largest absolute Gasteiger partial charge is 0.399 e. The van der Waals surface area contributed by atoms with E-state index in [4.69, 9.17) is 11.0 Å². The number of nitrogens with one attached hydrogen (secondary N) is 2. The quantitative estimate of drug-likeness (QED) is 0.284. The second-order valence-electron chi connectivity index (χ2n) is 5.86. The second kappa shape index (κ2) is 9.22. The van der Waals surface area contributed by atoms with Gasteiger partial charge in [-0.15, -0.1) is 0 Å². The summed E-state index contributed by atoms with van der Waals surface area (Å²) in [5.41, 5.74) is 6.25. The van der Waals surface area contributed by atoms with Gasteiger partial charge in [0.1, 0.15) is 11.6 Å². The number of nitriles is 1. The summed E-state index contributed by atoms with van der Waals surface area (Å²) < 4.78 is 0. The first-order valence-corrected chi connectivity index (χ1v) is 8.34. The van der Waals surface area contributed by atoms with Crippen LogP contribution in [0.3, 0.4) is 0 Å². The number of nitrogens with two attached hydrogens (primary N) is 1. The molecule has 8 nitrogen and oxygen atoms in total. The summed E-state index contributed by atoms with van der Waals surface area (Å²) in [4.78, 5) is 37.2. The molecule has 0 atom stereocenters. The lowest BCUT2D eigenvalue weighted by Crippen LogP contribution is -2.31. The zero-order valence-corrected chi connectivity index (χ0v) is 14.3. The van der Waals surface area contributed by atoms with E-state index in [1.165, 1.54) is 0 Å². The molecule has 0 bridgehead atoms. The van der Waals surface area contributed by atoms with Crippen molar-refractivity contribution in [2.24, 2.45) is 0 Å². The number of carbonyl (C=O) groups is 3. The Morgan fingerprint density at radius 2 is 2.04 bits per heavy atom. The number of nitrogens with zero attached hydrogens (tertiary/aromatic N) is 2. The summed E-state index contributed by atoms with van der Waals surface area (Å²) in [6.45, 7) is 1.68. The Morgan fingerprint density at radius 1 is 1.31 bits per heavy atom. The third-order valence-corrected chi connectivity index (χ3v) is 3.95. The predicted octanol–water partition coefficient (Wildman–Crippen LogP) is 0.535. The monoisotopic (exact) mass is 355 g/mol. The fourth-order valence-corrected chi connectivity index (χ4v) is 2.51. The van der Waals surface area contributed by atoms with E-state index in [0.29, 0.717) is 37.2 Å². The van der Waals surface area contributed by atoms with Crippen molar-refractivity contribution < 1.29 is 14.4 Å². The average Bonchev–Trinajstić information content (AvgIpc) is 3.04. The molecule has 0 unspecified atom stereocenters. The molecule has 0 aliphatic carbocycles. The van der Waals surface area contributed by atoms with Crippen LogP contribution in [0.5, 0.6) is 0 Å². The van der Waals surface area contributed by atoms with Crippen molar-refractivity contribution in [2.45, 2.75) is 19.3 Å². The number of amides is 3. The van der Waals surface area contributed by atoms with E-state index in [1.54, 1.807) is 35.2 Å². The Kier molecular flexibility index (Phi) is 6.74. The van der Waals surface area contributed by atoms with Crippen LogP contribution in [-0.2, 0) is 9.59 Å². The van der Waals surface area contributed by atoms with Crippen LogP contribution < -0.4 is 16.4 Å². The van der Waals surface area contributed by atoms with Gasteiger partial charge in [0.25, 0.3) is 11.8 Å². The molecule has 3 amide bonds. The molecule has 1 aromatic rings. The maximum absolute atomic E-state index is 12.0. The van der Waals surface area contributed by atoms with Crippen molar-refractivity contribution in [1.29, 1.82) is 5.26 Å². The standard InChI is InChI=1S/C18H21N5O3/c19-11-14(12-22-17(25)13-4-6-15(20)7-5-13)18(26)21-8-2-10-23-9-1-3-16(23)24/h4-7,12H,1-3,8-10,20H2,(H,21,26)(H,22,25)/b14-12-. The Morgan fingerprint density at radius 3 is 2.65 bits per heavy atom. The third kappa shape index (κ3) is 5.34. The van der Waals surface area contributed by atoms with Crippen molar-refractivity contribution in [3.05, 3.63) is 41.6 Å². The molecule has 1 fully saturated rings. The smallest absolute Gasteiger partial charge is 0.263 e. The zero-order valence-electron chi connectivity index (χ0n) is 14.3. The molecule has 0 spiro atoms. The lowest BCUT2D eigenvalue weighted by atomic mass is 10.2. The van der Waals surface area contributed by atoms with Crippen molar-refractivity contribution in [3.63, 3.8) is 0 Å². The number of rotatable bonds is 7. The second-order valence-corrected chi connectivity index (χ2v) is 5.86. The highest BCUT2D eigenvalue weighted by molar-refractivity contribution is 5.99. The third-order valence-electron chi connectivity index (χ3n) is 3.95. The van der Waals surface area contributed by atoms with Gasteiger partial charge in [-0.05, 0) is 37.1 Å². The molecule has 26 heavy (non-hydrogen) atoms. The van der Waals surface area contributed by atoms with Crippen LogP contribution in [0.1, 0.15) is 29.6 Å². The minimum absolute atomic E-state index is 0.138. The molecule has 0 saturated carbocycles. The molecule has 136 valence electrons. The van der Waals surface area contributed by atoms with E-state index < -0.39 is 11.8 Å². The topological polar surface area (TPSA) is 128 Å². The minimum Gasteiger partial charge on any atom is -0.399 e. The van der Waals surface area contributed by atoms with Gasteiger partial charge >= 0.3 is 0 Å². The maximum atomic E-state index is 12.0. The highest BCUT2D eigenvalue weighted by Gasteiger charge is 2.19. The molecule has 1 aromatic carbocycles. The fraction of sp³-hybridized carbons (Fsp3) is 0.333. The van der Waals surface area contributed by atoms with Crippen LogP contribution in [0, 0.1) is 11.3 Å². The number of likely N-dealkylation sites (tertiary alicyclic amines) is 1. The van der Waals surface area contributed by atoms with E-state index in [-0.39, 0.29) is 11.5 Å². The van der Waals surface area contributed by atoms with Gasteiger partial charge in [-0.2, -0.15) is 5.26 Å². The number of hydrogen-bond donors (Lipinski definition) is 3. The average molecular weight is 355 g/mol. The summed E-state index contributed by atoms with van der Waals surface area (Å²) in [6.07, 6.45) is 3.15. The number of nitrogen functional groups attached to an aromatic ring is 1. The van der Waals surface area contributed by atoms with Gasteiger partial charge in [0.2, 0.25) is 5.91 Å². The van der Waals surface area contributed by atoms with Gasteiger partial charge in [0, 0.05) is 43.5 Å². The Labute approximate surface area is 151 Å². The molecule has 1 heterocycles. The van der Waals surface area contributed by atoms with Crippen molar-refractivity contribution >= 4 is 23.4 Å². The Balaban J connectivity index is 1.78. The van der Waals surface area contributed by atoms with Gasteiger partial charge in [0.15, 0.2) is 0 Å². The van der Waals surface area contributed by atoms with Gasteiger partial charge < -0.3 is 21.3 Å². The van der Waals surface area contributed by atoms with Gasteiger partial charge in [-0.25, -0.2) is 0 Å². The number of hydrogen-bond acceptors (Lipinski definition) is 5. The summed E-state index contributed by atoms with van der Waals surface area (Å²) in [7, 11) is 0. The van der Waals surface area contributed by atoms with E-state index in [9.17, 15) is 14.4 Å². The number of anilines is 1. The first-order chi connectivity index (χ1) is 12.5. The highest BCUT2D eigenvalue weighted by Crippen LogP contribution is 2.09. The van der Waals surface area contributed by atoms with Crippen LogP contribution in [0.2, 0.25) is 0 Å². The van der Waals surface area contributed by atoms with Crippen LogP contribution in [0.15, 0.2) is 36.0 Å². The molecule has 2 rings (SSSR count). The van der Waals surface area contributed by atoms with Crippen LogP contribution in [0.4, 0.5) is 5.69 Å². The minimum atomic E-state index is -0.571. The molecule has 0 aromatic heterocycles. The van der Waals surface area contributed by atoms with Crippen molar-refractivity contribution in [2.75, 3.05) is 25.4 Å². The molecule has 1 aliphatic heterocycles. The summed E-state index contributed by atoms with van der Waals surface area (Å²) in [5, 5.41) is 14.1. The lowest BCUT2D eigenvalue weighted by Gasteiger charge is -2.15. The SMILES string of the molecule is N#C/C(=C/NC(=O)c1ccc(N)cc1)C(=O)NCCCN1CCCC1=O. The lowest BCUT2D eigenvalue weighted by molar-refractivity contribution is -0.127. The molecular weight excluding hydrogens is 334 g/mol. The zero-order chi connectivity index (χ0) is 18.9. The normalized spacial score (nSPS) is 14.0. The van der Waals surface area contributed by atoms with Crippen LogP contribution in [0.25, 0.3) is 0 Å². The van der Waals surface area contributed by atoms with Gasteiger partial charge in [0.05, 0.1) is 0 Å². The van der Waals surface area contributed by atoms with Crippen molar-refractivity contribution in [3.8, 4) is 6.07 Å². The summed E-state index contributed by atoms with van der Waals surface area (Å²) in [5.74, 6) is -0.879. The van der Waals surface area contributed by atoms with Gasteiger partial charge in [-0.1, -0.05) is 0 Å². The number of carbonyl (C=O) groups excluding carboxylic acids is 3. The van der Waals surface area contributed by atoms with E-state index in [1.807, 2.05) is 0 Å². The van der Waals surface area contributed by atoms with Crippen molar-refractivity contribution in [1.82, 2.24) is 15.5 Å². The fourth-order valence-electron chi connectivity index (χ4n) is 2.51. The molecule has 1 saturated heterocycles. The predicted molar refractivity (Wildman–Crippen MR) is 95.5 cm³/mol. The Bertz CT molecular complexity index is 749. The highest BCUT2D eigenvalue weighted by atomic mass is 16.2. The number of benzene rings is 1. The van der Waals surface area contributed by atoms with E-state index in [0.717, 1.165) is 19.2 Å². The maximum Gasteiger partial charge on any atom is 0.263 e. The first-order valence-electron chi connectivity index (χ1n) is 8.34. The van der Waals surface area contributed by atoms with Crippen LogP contribution in [-0.4, -0.2) is 42.3 Å². The first kappa shape index (κ1) is 19.0. The molecule has 0 radical (unpaired) electrons. The van der Waals surface area contributed by atoms with Crippen LogP contribution >= 0.6 is 0 Å².